The van der Waals surface area contributed by atoms with E-state index in [2.05, 4.69) is 96.3 Å². The number of amides is 2. The highest BCUT2D eigenvalue weighted by Gasteiger charge is 2.22. The lowest BCUT2D eigenvalue weighted by Crippen LogP contribution is -2.27. The van der Waals surface area contributed by atoms with E-state index < -0.39 is 39.5 Å². The van der Waals surface area contributed by atoms with Gasteiger partial charge in [-0.25, -0.2) is 28.9 Å². The van der Waals surface area contributed by atoms with Crippen molar-refractivity contribution in [3.05, 3.63) is 108 Å². The molecule has 0 unspecified atom stereocenters. The highest BCUT2D eigenvalue weighted by Crippen LogP contribution is 2.28. The normalized spacial score (nSPS) is 12.8. The smallest absolute Gasteiger partial charge is 0.412 e. The largest absolute Gasteiger partial charge is 0.444 e. The zero-order chi connectivity index (χ0) is 52.6. The first-order valence-corrected chi connectivity index (χ1v) is 31.8. The summed E-state index contributed by atoms with van der Waals surface area (Å²) in [5.41, 5.74) is 11.6. The lowest BCUT2D eigenvalue weighted by atomic mass is 9.95. The minimum atomic E-state index is -1.16. The molecular formula is C53H79N9O7Si2. The van der Waals surface area contributed by atoms with E-state index in [1.165, 1.54) is 11.1 Å². The van der Waals surface area contributed by atoms with Crippen molar-refractivity contribution in [2.75, 3.05) is 23.8 Å². The fourth-order valence-electron chi connectivity index (χ4n) is 6.70. The number of hydrogen-bond acceptors (Lipinski definition) is 12. The third-order valence-electron chi connectivity index (χ3n) is 10.7. The molecule has 6 rings (SSSR count). The van der Waals surface area contributed by atoms with Gasteiger partial charge in [-0.2, -0.15) is 10.2 Å². The van der Waals surface area contributed by atoms with Crippen LogP contribution in [0.1, 0.15) is 101 Å². The van der Waals surface area contributed by atoms with Crippen molar-refractivity contribution >= 4 is 68.1 Å². The number of aryl methyl sites for hydroxylation is 1. The van der Waals surface area contributed by atoms with Gasteiger partial charge in [-0.05, 0) is 103 Å². The van der Waals surface area contributed by atoms with Crippen molar-refractivity contribution in [2.24, 2.45) is 5.73 Å². The van der Waals surface area contributed by atoms with Gasteiger partial charge in [0.05, 0.1) is 40.5 Å². The number of carbonyl (C=O) groups is 3. The zero-order valence-electron chi connectivity index (χ0n) is 44.6. The number of nitrogens with one attached hydrogen (secondary N) is 2. The molecule has 0 radical (unpaired) electrons. The van der Waals surface area contributed by atoms with Gasteiger partial charge in [0.1, 0.15) is 41.4 Å². The Labute approximate surface area is 422 Å². The van der Waals surface area contributed by atoms with Crippen LogP contribution in [0.4, 0.5) is 21.0 Å². The summed E-state index contributed by atoms with van der Waals surface area (Å²) >= 11 is 0. The van der Waals surface area contributed by atoms with E-state index in [9.17, 15) is 14.4 Å². The van der Waals surface area contributed by atoms with Crippen molar-refractivity contribution < 1.29 is 33.3 Å². The number of hydrogen-bond donors (Lipinski definition) is 3. The Balaban J connectivity index is 0.000000268. The van der Waals surface area contributed by atoms with Crippen LogP contribution in [0, 0.1) is 0 Å². The molecule has 18 heteroatoms. The highest BCUT2D eigenvalue weighted by atomic mass is 28.3. The summed E-state index contributed by atoms with van der Waals surface area (Å²) in [5.74, 6) is 0.366. The van der Waals surface area contributed by atoms with Gasteiger partial charge in [0, 0.05) is 35.4 Å². The zero-order valence-corrected chi connectivity index (χ0v) is 46.6. The van der Waals surface area contributed by atoms with Crippen LogP contribution in [0.15, 0.2) is 85.2 Å². The lowest BCUT2D eigenvalue weighted by Gasteiger charge is -2.21. The predicted molar refractivity (Wildman–Crippen MR) is 291 cm³/mol. The number of nitrogens with zero attached hydrogens (tertiary/aromatic N) is 6. The second kappa shape index (κ2) is 26.1. The van der Waals surface area contributed by atoms with E-state index >= 15 is 0 Å². The maximum absolute atomic E-state index is 12.6. The van der Waals surface area contributed by atoms with Crippen LogP contribution >= 0.6 is 0 Å². The molecule has 71 heavy (non-hydrogen) atoms. The third-order valence-corrected chi connectivity index (χ3v) is 14.1. The molecule has 0 saturated carbocycles. The maximum atomic E-state index is 12.6. The number of rotatable bonds is 18. The molecule has 2 amide bonds. The van der Waals surface area contributed by atoms with Crippen LogP contribution in [0.25, 0.3) is 22.1 Å². The first-order chi connectivity index (χ1) is 33.2. The lowest BCUT2D eigenvalue weighted by molar-refractivity contribution is 0.0624. The molecule has 0 bridgehead atoms. The molecule has 4 aromatic heterocycles. The van der Waals surface area contributed by atoms with E-state index in [1.807, 2.05) is 70.2 Å². The average Bonchev–Trinajstić information content (AvgIpc) is 3.86. The highest BCUT2D eigenvalue weighted by molar-refractivity contribution is 6.76. The van der Waals surface area contributed by atoms with Crippen LogP contribution in [-0.2, 0) is 38.8 Å². The van der Waals surface area contributed by atoms with E-state index in [0.717, 1.165) is 41.7 Å². The fourth-order valence-corrected chi connectivity index (χ4v) is 8.22. The number of carbonyl (C=O) groups excluding carboxylic acids is 3. The van der Waals surface area contributed by atoms with Crippen LogP contribution in [0.2, 0.25) is 51.4 Å². The van der Waals surface area contributed by atoms with Gasteiger partial charge in [-0.15, -0.1) is 0 Å². The molecule has 2 atom stereocenters. The van der Waals surface area contributed by atoms with Gasteiger partial charge < -0.3 is 24.7 Å². The average molecular weight is 1010 g/mol. The maximum Gasteiger partial charge on any atom is 0.412 e. The topological polar surface area (TPSA) is 200 Å². The van der Waals surface area contributed by atoms with E-state index in [1.54, 1.807) is 48.6 Å². The Morgan fingerprint density at radius 2 is 1.11 bits per heavy atom. The van der Waals surface area contributed by atoms with Crippen LogP contribution < -0.4 is 16.4 Å². The van der Waals surface area contributed by atoms with Gasteiger partial charge in [-0.1, -0.05) is 107 Å². The first-order valence-electron chi connectivity index (χ1n) is 24.4. The molecule has 0 aliphatic heterocycles. The second-order valence-electron chi connectivity index (χ2n) is 22.1. The molecule has 4 N–H and O–H groups in total. The second-order valence-corrected chi connectivity index (χ2v) is 33.4. The van der Waals surface area contributed by atoms with Gasteiger partial charge in [0.2, 0.25) is 0 Å². The number of fused-ring (bicyclic) bond motifs is 2. The SMILES string of the molecule is CC(C)(C)OC(=O)Nc1cc2c(cnn2COCC[Si](C)(C)C)nc1C=O.C[C@@H](CCc1nc2cnn(COCC[Si](C)(C)C)c2cc1NC(=O)OC(C)(C)C)c1ccccc1.C[C@@H](N)c1ccccc1. The molecule has 386 valence electrons. The number of anilines is 2. The summed E-state index contributed by atoms with van der Waals surface area (Å²) in [5, 5.41) is 14.3. The Morgan fingerprint density at radius 1 is 0.676 bits per heavy atom. The van der Waals surface area contributed by atoms with Gasteiger partial charge in [-0.3, -0.25) is 15.4 Å². The summed E-state index contributed by atoms with van der Waals surface area (Å²) < 4.78 is 25.8. The van der Waals surface area contributed by atoms with Crippen molar-refractivity contribution in [3.63, 3.8) is 0 Å². The van der Waals surface area contributed by atoms with Gasteiger partial charge >= 0.3 is 12.2 Å². The van der Waals surface area contributed by atoms with Crippen LogP contribution in [0.3, 0.4) is 0 Å². The van der Waals surface area contributed by atoms with Crippen molar-refractivity contribution in [2.45, 2.75) is 156 Å². The molecule has 0 saturated heterocycles. The molecule has 4 heterocycles. The monoisotopic (exact) mass is 1010 g/mol. The van der Waals surface area contributed by atoms with Crippen molar-refractivity contribution in [1.82, 2.24) is 29.5 Å². The van der Waals surface area contributed by atoms with E-state index in [4.69, 9.17) is 29.7 Å². The Kier molecular flexibility index (Phi) is 21.2. The fraction of sp³-hybridized carbons (Fsp3) is 0.491. The summed E-state index contributed by atoms with van der Waals surface area (Å²) in [6.07, 6.45) is 4.40. The van der Waals surface area contributed by atoms with E-state index in [-0.39, 0.29) is 24.2 Å². The summed E-state index contributed by atoms with van der Waals surface area (Å²) in [6.45, 7) is 30.9. The van der Waals surface area contributed by atoms with E-state index in [0.29, 0.717) is 48.9 Å². The summed E-state index contributed by atoms with van der Waals surface area (Å²) in [6, 6.07) is 26.4. The van der Waals surface area contributed by atoms with Crippen molar-refractivity contribution in [1.29, 1.82) is 0 Å². The molecule has 0 spiro atoms. The number of aromatic nitrogens is 6. The minimum absolute atomic E-state index is 0.118. The van der Waals surface area contributed by atoms with Crippen LogP contribution in [-0.4, -0.2) is 88.6 Å². The van der Waals surface area contributed by atoms with Crippen LogP contribution in [0.5, 0.6) is 0 Å². The number of aldehydes is 1. The van der Waals surface area contributed by atoms with Gasteiger partial charge in [0.15, 0.2) is 6.29 Å². The Hall–Kier alpha value is -5.80. The molecular weight excluding hydrogens is 931 g/mol. The Bertz CT molecular complexity index is 2610. The molecule has 16 nitrogen and oxygen atoms in total. The first kappa shape index (κ1) is 57.8. The molecule has 0 aliphatic carbocycles. The standard InChI is InChI=1S/C27H40N4O3Si.C18H28N4O4Si.C8H11N/c1-20(21-11-9-8-10-12-21)13-14-22-23(30-26(32)34-27(2,3)4)17-25-24(29-22)18-28-31(25)19-33-15-16-35(5,6)7;1-18(2,3)26-17(24)21-13-9-16-14(20-15(13)11-23)10-19-22(16)12-25-7-8-27(4,5)6;1-7(9)8-5-3-2-4-6-8/h8-12,17-18,20H,13-16,19H2,1-7H3,(H,30,32);9-11H,7-8,12H2,1-6H3,(H,21,24);2-7H,9H2,1H3/t20-;;7-/m0.1/s1. The number of nitrogens with two attached hydrogens (primary N) is 1. The molecule has 0 aliphatic rings. The molecule has 0 fully saturated rings. The summed E-state index contributed by atoms with van der Waals surface area (Å²) in [4.78, 5) is 45.1. The Morgan fingerprint density at radius 3 is 1.54 bits per heavy atom. The number of ether oxygens (including phenoxy) is 4. The van der Waals surface area contributed by atoms with Crippen molar-refractivity contribution in [3.8, 4) is 0 Å². The predicted octanol–water partition coefficient (Wildman–Crippen LogP) is 12.4. The minimum Gasteiger partial charge on any atom is -0.444 e. The van der Waals surface area contributed by atoms with Gasteiger partial charge in [0.25, 0.3) is 0 Å². The summed E-state index contributed by atoms with van der Waals surface area (Å²) in [7, 11) is -2.32. The quantitative estimate of drug-likeness (QED) is 0.0419. The third kappa shape index (κ3) is 20.8. The molecule has 2 aromatic carbocycles. The number of benzene rings is 2. The molecule has 6 aromatic rings. The number of pyridine rings is 2.